The Labute approximate surface area is 112 Å². The van der Waals surface area contributed by atoms with Crippen LogP contribution in [0.3, 0.4) is 0 Å². The maximum Gasteiger partial charge on any atom is 0.311 e. The lowest BCUT2D eigenvalue weighted by molar-refractivity contribution is -0.275. The Bertz CT molecular complexity index is 185. The van der Waals surface area contributed by atoms with Gasteiger partial charge < -0.3 is 15.3 Å². The molecule has 0 aromatic heterocycles. The lowest BCUT2D eigenvalue weighted by Gasteiger charge is -2.17. The summed E-state index contributed by atoms with van der Waals surface area (Å²) in [5.41, 5.74) is 0. The Hall–Kier alpha value is 1.81. The van der Waals surface area contributed by atoms with Gasteiger partial charge >= 0.3 is 5.97 Å². The van der Waals surface area contributed by atoms with Crippen LogP contribution in [0.2, 0.25) is 0 Å². The summed E-state index contributed by atoms with van der Waals surface area (Å²) in [6.07, 6.45) is 0.890. The van der Waals surface area contributed by atoms with E-state index in [1.54, 1.807) is 22.6 Å². The molecule has 0 aromatic carbocycles. The molecule has 72 valence electrons. The molecule has 0 aromatic rings. The fourth-order valence-electron chi connectivity index (χ4n) is 0.477. The van der Waals surface area contributed by atoms with Crippen LogP contribution in [-0.4, -0.2) is 25.2 Å². The first kappa shape index (κ1) is 13.8. The highest BCUT2D eigenvalue weighted by Crippen LogP contribution is 2.33. The summed E-state index contributed by atoms with van der Waals surface area (Å²) in [7, 11) is 0. The van der Waals surface area contributed by atoms with Gasteiger partial charge in [0.05, 0.1) is 3.58 Å². The molecule has 0 aliphatic rings. The molecule has 0 saturated heterocycles. The summed E-state index contributed by atoms with van der Waals surface area (Å²) >= 11 is 5.92. The number of hydrogen-bond donors (Lipinski definition) is 3. The summed E-state index contributed by atoms with van der Waals surface area (Å²) in [6.45, 7) is 1.99. The second-order valence-electron chi connectivity index (χ2n) is 2.17. The number of alkyl halides is 1. The van der Waals surface area contributed by atoms with Gasteiger partial charge in [0.25, 0.3) is 0 Å². The molecule has 0 heterocycles. The molecule has 0 fully saturated rings. The Kier molecular flexibility index (Phi) is 6.48. The van der Waals surface area contributed by atoms with Crippen molar-refractivity contribution < 1.29 is 15.3 Å². The van der Waals surface area contributed by atoms with Gasteiger partial charge in [0.2, 0.25) is 0 Å². The van der Waals surface area contributed by atoms with Gasteiger partial charge in [-0.1, -0.05) is 29.5 Å². The van der Waals surface area contributed by atoms with Crippen LogP contribution in [0, 0.1) is 0 Å². The molecule has 1 unspecified atom stereocenters. The van der Waals surface area contributed by atoms with Gasteiger partial charge in [0, 0.05) is 7.50 Å². The Morgan fingerprint density at radius 2 is 1.75 bits per heavy atom. The number of aliphatic hydroxyl groups is 3. The van der Waals surface area contributed by atoms with E-state index < -0.39 is 5.97 Å². The maximum atomic E-state index is 8.84. The highest BCUT2D eigenvalue weighted by atomic mass is 127. The van der Waals surface area contributed by atoms with Gasteiger partial charge in [-0.15, -0.1) is 0 Å². The molecule has 0 amide bonds. The summed E-state index contributed by atoms with van der Waals surface area (Å²) in [5, 5.41) is 26.5. The van der Waals surface area contributed by atoms with Crippen LogP contribution < -0.4 is 0 Å². The summed E-state index contributed by atoms with van der Waals surface area (Å²) in [4.78, 5) is 0. The molecule has 0 rings (SSSR count). The summed E-state index contributed by atoms with van der Waals surface area (Å²) in [5.74, 6) is -2.68. The number of halogens is 3. The van der Waals surface area contributed by atoms with E-state index in [-0.39, 0.29) is 7.50 Å². The molecular formula is C6H9I3O3. The van der Waals surface area contributed by atoms with Crippen molar-refractivity contribution >= 4 is 67.8 Å². The zero-order chi connectivity index (χ0) is 9.94. The first-order valence-corrected chi connectivity index (χ1v) is 6.57. The van der Waals surface area contributed by atoms with E-state index in [2.05, 4.69) is 22.6 Å². The van der Waals surface area contributed by atoms with Crippen molar-refractivity contribution in [3.63, 3.8) is 0 Å². The minimum Gasteiger partial charge on any atom is -0.339 e. The molecule has 0 bridgehead atoms. The predicted octanol–water partition coefficient (Wildman–Crippen LogP) is 1.91. The number of rotatable bonds is 3. The van der Waals surface area contributed by atoms with Crippen LogP contribution >= 0.6 is 67.8 Å². The van der Waals surface area contributed by atoms with E-state index in [1.165, 1.54) is 0 Å². The van der Waals surface area contributed by atoms with Crippen LogP contribution in [0.4, 0.5) is 0 Å². The minimum absolute atomic E-state index is 0.168. The summed E-state index contributed by atoms with van der Waals surface area (Å²) < 4.78 is 1.15. The van der Waals surface area contributed by atoms with Crippen LogP contribution in [0.5, 0.6) is 0 Å². The number of hydrogen-bond acceptors (Lipinski definition) is 3. The van der Waals surface area contributed by atoms with Gasteiger partial charge in [0.15, 0.2) is 0 Å². The Morgan fingerprint density at radius 1 is 1.33 bits per heavy atom. The van der Waals surface area contributed by atoms with Crippen molar-refractivity contribution in [1.82, 2.24) is 0 Å². The monoisotopic (exact) mass is 510 g/mol. The van der Waals surface area contributed by atoms with Gasteiger partial charge in [-0.2, -0.15) is 0 Å². The Balaban J connectivity index is 4.69. The maximum absolute atomic E-state index is 8.84. The van der Waals surface area contributed by atoms with E-state index in [4.69, 9.17) is 15.3 Å². The molecule has 1 atom stereocenters. The third kappa shape index (κ3) is 4.35. The third-order valence-corrected chi connectivity index (χ3v) is 7.46. The lowest BCUT2D eigenvalue weighted by Crippen LogP contribution is -2.28. The Morgan fingerprint density at radius 3 is 2.00 bits per heavy atom. The molecule has 0 aliphatic carbocycles. The molecule has 12 heavy (non-hydrogen) atoms. The highest BCUT2D eigenvalue weighted by molar-refractivity contribution is 14.1. The topological polar surface area (TPSA) is 60.7 Å². The van der Waals surface area contributed by atoms with Gasteiger partial charge in [-0.05, 0) is 51.6 Å². The van der Waals surface area contributed by atoms with Crippen molar-refractivity contribution in [2.75, 3.05) is 0 Å². The average Bonchev–Trinajstić information content (AvgIpc) is 1.98. The second kappa shape index (κ2) is 5.63. The van der Waals surface area contributed by atoms with Crippen molar-refractivity contribution in [1.29, 1.82) is 0 Å². The molecule has 3 N–H and O–H groups in total. The van der Waals surface area contributed by atoms with E-state index in [0.29, 0.717) is 0 Å². The molecule has 0 aliphatic heterocycles. The van der Waals surface area contributed by atoms with Crippen molar-refractivity contribution in [2.24, 2.45) is 0 Å². The first-order valence-electron chi connectivity index (χ1n) is 3.17. The smallest absolute Gasteiger partial charge is 0.311 e. The average molecular weight is 510 g/mol. The van der Waals surface area contributed by atoms with Crippen LogP contribution in [-0.2, 0) is 0 Å². The lowest BCUT2D eigenvalue weighted by atomic mass is 10.3. The van der Waals surface area contributed by atoms with E-state index >= 15 is 0 Å². The first-order chi connectivity index (χ1) is 5.30. The van der Waals surface area contributed by atoms with E-state index in [1.807, 2.05) is 29.5 Å². The molecule has 0 saturated carbocycles. The molecular weight excluding hydrogens is 501 g/mol. The second-order valence-corrected chi connectivity index (χ2v) is 5.92. The summed E-state index contributed by atoms with van der Waals surface area (Å²) in [6, 6.07) is 0. The van der Waals surface area contributed by atoms with Crippen molar-refractivity contribution in [3.05, 3.63) is 7.16 Å². The van der Waals surface area contributed by atoms with Crippen molar-refractivity contribution in [2.45, 2.75) is 23.2 Å². The van der Waals surface area contributed by atoms with E-state index in [0.717, 1.165) is 10.0 Å². The third-order valence-electron chi connectivity index (χ3n) is 1.14. The van der Waals surface area contributed by atoms with Crippen LogP contribution in [0.15, 0.2) is 7.16 Å². The fourth-order valence-corrected chi connectivity index (χ4v) is 2.56. The van der Waals surface area contributed by atoms with Gasteiger partial charge in [0.1, 0.15) is 0 Å². The van der Waals surface area contributed by atoms with Crippen LogP contribution in [0.25, 0.3) is 0 Å². The SMILES string of the molecule is CCC(I)C(I)=C(I)C(O)(O)O. The zero-order valence-corrected chi connectivity index (χ0v) is 12.7. The molecule has 6 heteroatoms. The van der Waals surface area contributed by atoms with Crippen LogP contribution in [0.1, 0.15) is 13.3 Å². The number of allylic oxidation sites excluding steroid dienone is 1. The molecule has 0 radical (unpaired) electrons. The van der Waals surface area contributed by atoms with Crippen molar-refractivity contribution in [3.8, 4) is 0 Å². The highest BCUT2D eigenvalue weighted by Gasteiger charge is 2.27. The van der Waals surface area contributed by atoms with E-state index in [9.17, 15) is 0 Å². The fraction of sp³-hybridized carbons (Fsp3) is 0.667. The largest absolute Gasteiger partial charge is 0.339 e. The normalized spacial score (nSPS) is 17.2. The minimum atomic E-state index is -2.68. The predicted molar refractivity (Wildman–Crippen MR) is 72.6 cm³/mol. The quantitative estimate of drug-likeness (QED) is 0.309. The van der Waals surface area contributed by atoms with Gasteiger partial charge in [-0.25, -0.2) is 0 Å². The standard InChI is InChI=1S/C6H9I3O3/c1-2-3(7)4(8)5(9)6(10,11)12/h3,10-12H,2H2,1H3. The van der Waals surface area contributed by atoms with Gasteiger partial charge in [-0.3, -0.25) is 0 Å². The zero-order valence-electron chi connectivity index (χ0n) is 6.26. The molecule has 0 spiro atoms. The molecule has 3 nitrogen and oxygen atoms in total.